The van der Waals surface area contributed by atoms with Crippen LogP contribution in [0.15, 0.2) is 285 Å². The Hall–Kier alpha value is -9.04. The van der Waals surface area contributed by atoms with Crippen molar-refractivity contribution < 1.29 is 0 Å². The minimum absolute atomic E-state index is 0.490. The van der Waals surface area contributed by atoms with Gasteiger partial charge in [0.25, 0.3) is 0 Å². The zero-order chi connectivity index (χ0) is 46.9. The molecule has 0 N–H and O–H groups in total. The Labute approximate surface area is 415 Å². The maximum atomic E-state index is 2.48. The molecule has 0 amide bonds. The summed E-state index contributed by atoms with van der Waals surface area (Å²) >= 11 is 0. The van der Waals surface area contributed by atoms with Crippen LogP contribution in [0.4, 0.5) is 17.1 Å². The summed E-state index contributed by atoms with van der Waals surface area (Å²) in [5.74, 6) is 0. The van der Waals surface area contributed by atoms with E-state index >= 15 is 0 Å². The quantitative estimate of drug-likeness (QED) is 0.137. The number of fused-ring (bicyclic) bond motifs is 9. The molecule has 0 aromatic heterocycles. The molecule has 0 saturated carbocycles. The highest BCUT2D eigenvalue weighted by atomic mass is 15.1. The van der Waals surface area contributed by atoms with E-state index in [0.717, 1.165) is 17.1 Å². The maximum absolute atomic E-state index is 2.48. The van der Waals surface area contributed by atoms with Crippen LogP contribution in [-0.4, -0.2) is 0 Å². The van der Waals surface area contributed by atoms with Crippen molar-refractivity contribution in [3.05, 3.63) is 330 Å². The minimum atomic E-state index is -0.538. The molecule has 332 valence electrons. The molecule has 2 aliphatic rings. The highest BCUT2D eigenvalue weighted by molar-refractivity contribution is 6.08. The molecule has 12 aromatic carbocycles. The van der Waals surface area contributed by atoms with Crippen molar-refractivity contribution in [3.8, 4) is 33.4 Å². The summed E-state index contributed by atoms with van der Waals surface area (Å²) in [5, 5.41) is 5.06. The van der Waals surface area contributed by atoms with E-state index in [1.54, 1.807) is 0 Å². The third-order valence-electron chi connectivity index (χ3n) is 15.6. The van der Waals surface area contributed by atoms with Gasteiger partial charge in [0.15, 0.2) is 0 Å². The van der Waals surface area contributed by atoms with Crippen molar-refractivity contribution in [2.75, 3.05) is 4.90 Å². The lowest BCUT2D eigenvalue weighted by molar-refractivity contribution is 0.768. The lowest BCUT2D eigenvalue weighted by Crippen LogP contribution is -2.28. The maximum Gasteiger partial charge on any atom is 0.0714 e. The zero-order valence-corrected chi connectivity index (χ0v) is 39.1. The van der Waals surface area contributed by atoms with E-state index in [4.69, 9.17) is 0 Å². The predicted molar refractivity (Wildman–Crippen MR) is 296 cm³/mol. The molecular formula is C70H47N. The molecule has 71 heavy (non-hydrogen) atoms. The van der Waals surface area contributed by atoms with E-state index in [1.165, 1.54) is 99.4 Å². The minimum Gasteiger partial charge on any atom is -0.310 e. The van der Waals surface area contributed by atoms with Gasteiger partial charge in [0, 0.05) is 17.1 Å². The Morgan fingerprint density at radius 3 is 1.27 bits per heavy atom. The second kappa shape index (κ2) is 16.3. The van der Waals surface area contributed by atoms with Crippen LogP contribution in [-0.2, 0) is 10.8 Å². The van der Waals surface area contributed by atoms with Crippen molar-refractivity contribution in [3.63, 3.8) is 0 Å². The molecule has 0 saturated heterocycles. The number of hydrogen-bond acceptors (Lipinski definition) is 1. The fourth-order valence-electron chi connectivity index (χ4n) is 12.6. The average molecular weight is 902 g/mol. The Balaban J connectivity index is 0.989. The van der Waals surface area contributed by atoms with Crippen LogP contribution in [0.1, 0.15) is 44.5 Å². The van der Waals surface area contributed by atoms with Gasteiger partial charge < -0.3 is 4.90 Å². The fraction of sp³-hybridized carbons (Fsp3) is 0.0286. The molecule has 0 heterocycles. The van der Waals surface area contributed by atoms with Crippen molar-refractivity contribution in [2.45, 2.75) is 10.8 Å². The first-order valence-electron chi connectivity index (χ1n) is 24.7. The molecule has 0 radical (unpaired) electrons. The Morgan fingerprint density at radius 1 is 0.225 bits per heavy atom. The van der Waals surface area contributed by atoms with Crippen LogP contribution >= 0.6 is 0 Å². The number of benzene rings is 12. The molecule has 14 rings (SSSR count). The highest BCUT2D eigenvalue weighted by Gasteiger charge is 2.48. The molecule has 12 aromatic rings. The van der Waals surface area contributed by atoms with Crippen molar-refractivity contribution in [1.82, 2.24) is 0 Å². The second-order valence-corrected chi connectivity index (χ2v) is 19.1. The van der Waals surface area contributed by atoms with Gasteiger partial charge in [-0.3, -0.25) is 0 Å². The molecule has 0 spiro atoms. The molecular weight excluding hydrogens is 855 g/mol. The van der Waals surface area contributed by atoms with E-state index in [2.05, 4.69) is 290 Å². The van der Waals surface area contributed by atoms with Gasteiger partial charge >= 0.3 is 0 Å². The third-order valence-corrected chi connectivity index (χ3v) is 15.6. The van der Waals surface area contributed by atoms with Crippen LogP contribution in [0.5, 0.6) is 0 Å². The summed E-state index contributed by atoms with van der Waals surface area (Å²) in [4.78, 5) is 2.48. The standard InChI is InChI=1S/C70H47N/c1-5-20-52(21-6-1)69(53-22-7-2-8-23-53)66-32-18-16-30-62(66)64-46-57(41-44-67(64)69)71(56-38-35-48(36-39-56)50-37-42-60-51(45-50)34-33-49-19-13-14-28-59(49)60)58-40-43-63-61-29-15-17-31-65(61)70(68(63)47-58,54-24-9-3-10-25-54)55-26-11-4-12-27-55/h1-47H. The first kappa shape index (κ1) is 41.0. The van der Waals surface area contributed by atoms with E-state index in [1.807, 2.05) is 0 Å². The van der Waals surface area contributed by atoms with Crippen LogP contribution in [0.3, 0.4) is 0 Å². The van der Waals surface area contributed by atoms with Crippen LogP contribution in [0.25, 0.3) is 54.9 Å². The summed E-state index contributed by atoms with van der Waals surface area (Å²) in [6, 6.07) is 106. The monoisotopic (exact) mass is 901 g/mol. The normalized spacial score (nSPS) is 13.6. The summed E-state index contributed by atoms with van der Waals surface area (Å²) in [7, 11) is 0. The summed E-state index contributed by atoms with van der Waals surface area (Å²) in [5.41, 5.74) is 19.9. The van der Waals surface area contributed by atoms with Crippen molar-refractivity contribution >= 4 is 38.6 Å². The first-order chi connectivity index (χ1) is 35.2. The molecule has 0 atom stereocenters. The summed E-state index contributed by atoms with van der Waals surface area (Å²) in [6.07, 6.45) is 0. The number of hydrogen-bond donors (Lipinski definition) is 0. The Morgan fingerprint density at radius 2 is 0.648 bits per heavy atom. The van der Waals surface area contributed by atoms with Gasteiger partial charge in [-0.2, -0.15) is 0 Å². The lowest BCUT2D eigenvalue weighted by Gasteiger charge is -2.35. The van der Waals surface area contributed by atoms with E-state index in [-0.39, 0.29) is 0 Å². The SMILES string of the molecule is c1ccc(C2(c3ccccc3)c3ccccc3-c3cc(N(c4ccc(-c5ccc6c(ccc7ccccc76)c5)cc4)c4ccc5c(c4)C(c4ccccc4)(c4ccccc4)c4ccccc4-5)ccc32)cc1. The summed E-state index contributed by atoms with van der Waals surface area (Å²) < 4.78 is 0. The van der Waals surface area contributed by atoms with Gasteiger partial charge in [-0.25, -0.2) is 0 Å². The average Bonchev–Trinajstić information content (AvgIpc) is 3.92. The van der Waals surface area contributed by atoms with Crippen molar-refractivity contribution in [2.24, 2.45) is 0 Å². The largest absolute Gasteiger partial charge is 0.310 e. The van der Waals surface area contributed by atoms with Crippen LogP contribution < -0.4 is 4.90 Å². The second-order valence-electron chi connectivity index (χ2n) is 19.1. The fourth-order valence-corrected chi connectivity index (χ4v) is 12.6. The predicted octanol–water partition coefficient (Wildman–Crippen LogP) is 17.9. The molecule has 0 aliphatic heterocycles. The van der Waals surface area contributed by atoms with Gasteiger partial charge in [0.05, 0.1) is 10.8 Å². The molecule has 2 aliphatic carbocycles. The molecule has 1 nitrogen and oxygen atoms in total. The number of nitrogens with zero attached hydrogens (tertiary/aromatic N) is 1. The van der Waals surface area contributed by atoms with Gasteiger partial charge in [-0.15, -0.1) is 0 Å². The molecule has 0 fully saturated rings. The Bertz CT molecular complexity index is 3890. The highest BCUT2D eigenvalue weighted by Crippen LogP contribution is 2.59. The Kier molecular flexibility index (Phi) is 9.41. The topological polar surface area (TPSA) is 3.24 Å². The molecule has 0 bridgehead atoms. The van der Waals surface area contributed by atoms with E-state index in [0.29, 0.717) is 0 Å². The first-order valence-corrected chi connectivity index (χ1v) is 24.7. The molecule has 0 unspecified atom stereocenters. The van der Waals surface area contributed by atoms with Gasteiger partial charge in [-0.1, -0.05) is 243 Å². The van der Waals surface area contributed by atoms with E-state index < -0.39 is 10.8 Å². The smallest absolute Gasteiger partial charge is 0.0714 e. The molecule has 1 heteroatoms. The summed E-state index contributed by atoms with van der Waals surface area (Å²) in [6.45, 7) is 0. The lowest BCUT2D eigenvalue weighted by atomic mass is 9.67. The van der Waals surface area contributed by atoms with Gasteiger partial charge in [0.1, 0.15) is 0 Å². The van der Waals surface area contributed by atoms with E-state index in [9.17, 15) is 0 Å². The van der Waals surface area contributed by atoms with Crippen LogP contribution in [0.2, 0.25) is 0 Å². The van der Waals surface area contributed by atoms with Gasteiger partial charge in [0.2, 0.25) is 0 Å². The van der Waals surface area contributed by atoms with Crippen molar-refractivity contribution in [1.29, 1.82) is 0 Å². The zero-order valence-electron chi connectivity index (χ0n) is 39.1. The number of anilines is 3. The number of rotatable bonds is 8. The van der Waals surface area contributed by atoms with Gasteiger partial charge in [-0.05, 0) is 142 Å². The third kappa shape index (κ3) is 6.13. The van der Waals surface area contributed by atoms with Crippen LogP contribution in [0, 0.1) is 0 Å².